The van der Waals surface area contributed by atoms with E-state index in [0.717, 1.165) is 76.8 Å². The van der Waals surface area contributed by atoms with Crippen LogP contribution in [0, 0.1) is 13.8 Å². The summed E-state index contributed by atoms with van der Waals surface area (Å²) < 4.78 is 198. The first-order valence-electron chi connectivity index (χ1n) is 28.7. The van der Waals surface area contributed by atoms with Gasteiger partial charge in [0, 0.05) is 69.3 Å². The number of rotatable bonds is 18. The minimum atomic E-state index is -4.63. The lowest BCUT2D eigenvalue weighted by molar-refractivity contribution is -0.130. The van der Waals surface area contributed by atoms with Crippen LogP contribution in [0.2, 0.25) is 20.1 Å². The fraction of sp³-hybridized carbons (Fsp3) is 0.300. The first kappa shape index (κ1) is 74.7. The number of aromatic nitrogens is 4. The summed E-state index contributed by atoms with van der Waals surface area (Å²) in [6.45, 7) is 6.37. The number of amides is 2. The Morgan fingerprint density at radius 3 is 1.14 bits per heavy atom. The molecule has 0 unspecified atom stereocenters. The van der Waals surface area contributed by atoms with Crippen molar-refractivity contribution in [3.05, 3.63) is 164 Å². The molecule has 2 saturated heterocycles. The van der Waals surface area contributed by atoms with Crippen molar-refractivity contribution >= 4 is 109 Å². The molecule has 22 nitrogen and oxygen atoms in total. The Labute approximate surface area is 567 Å². The highest BCUT2D eigenvalue weighted by molar-refractivity contribution is 7.87. The number of carbonyl (C=O) groups excluding carboxylic acids is 2. The van der Waals surface area contributed by atoms with Crippen molar-refractivity contribution < 1.29 is 87.1 Å². The Morgan fingerprint density at radius 1 is 0.500 bits per heavy atom. The van der Waals surface area contributed by atoms with Gasteiger partial charge in [-0.1, -0.05) is 83.5 Å². The quantitative estimate of drug-likeness (QED) is 0.0352. The topological polar surface area (TPSA) is 296 Å². The average molecular weight is 1500 g/mol. The summed E-state index contributed by atoms with van der Waals surface area (Å²) in [5, 5.41) is 14.2. The van der Waals surface area contributed by atoms with E-state index in [2.05, 4.69) is 21.0 Å². The molecule has 0 atom stereocenters. The Morgan fingerprint density at radius 2 is 0.833 bits per heavy atom. The molecule has 2 aliphatic heterocycles. The summed E-state index contributed by atoms with van der Waals surface area (Å²) in [4.78, 5) is 25.6. The van der Waals surface area contributed by atoms with Gasteiger partial charge in [0.2, 0.25) is 0 Å². The number of fused-ring (bicyclic) bond motifs is 1. The number of halogens is 10. The predicted octanol–water partition coefficient (Wildman–Crippen LogP) is 13.2. The van der Waals surface area contributed by atoms with Gasteiger partial charge in [0.15, 0.2) is 11.4 Å². The van der Waals surface area contributed by atoms with Crippen LogP contribution < -0.4 is 19.2 Å². The number of hydrogen-bond acceptors (Lipinski definition) is 16. The van der Waals surface area contributed by atoms with Crippen LogP contribution in [0.4, 0.5) is 26.3 Å². The fourth-order valence-corrected chi connectivity index (χ4v) is 14.4. The SMILES string of the molecule is Cc1c(C(=O)NN2CCCCC2)nn(-c2ccc(Cl)cc2Cl)c1-c1ccc(OS(=O)(=O)CCC(F)(F)F)cc1.Cc1c(C(=O)NN2CCCCC2)nn(-c2ccc(Cl)cc2Cl)c1-c1ccc(OS(=O)(=O)CCC(F)(F)F)cc1.O=S(=O)(O)c1cccc2c(S(=O)(=O)O)cccc12. The maximum Gasteiger partial charge on any atom is 0.390 e. The van der Waals surface area contributed by atoms with Crippen LogP contribution in [0.3, 0.4) is 0 Å². The van der Waals surface area contributed by atoms with E-state index in [0.29, 0.717) is 55.1 Å². The molecule has 0 aliphatic carbocycles. The first-order valence-corrected chi connectivity index (χ1v) is 36.3. The van der Waals surface area contributed by atoms with E-state index in [1.54, 1.807) is 38.1 Å². The Kier molecular flexibility index (Phi) is 23.9. The van der Waals surface area contributed by atoms with Gasteiger partial charge in [0.1, 0.15) is 21.3 Å². The largest absolute Gasteiger partial charge is 0.390 e. The van der Waals surface area contributed by atoms with Crippen molar-refractivity contribution in [2.24, 2.45) is 0 Å². The van der Waals surface area contributed by atoms with E-state index in [9.17, 15) is 69.6 Å². The average Bonchev–Trinajstić information content (AvgIpc) is 1.46. The number of nitrogens with one attached hydrogen (secondary N) is 2. The van der Waals surface area contributed by atoms with Gasteiger partial charge < -0.3 is 8.37 Å². The molecule has 516 valence electrons. The van der Waals surface area contributed by atoms with E-state index in [1.165, 1.54) is 94.3 Å². The van der Waals surface area contributed by atoms with Crippen molar-refractivity contribution in [2.75, 3.05) is 37.7 Å². The molecule has 0 radical (unpaired) electrons. The minimum Gasteiger partial charge on any atom is -0.382 e. The highest BCUT2D eigenvalue weighted by Crippen LogP contribution is 2.37. The first-order chi connectivity index (χ1) is 44.9. The van der Waals surface area contributed by atoms with Crippen LogP contribution in [0.1, 0.15) is 83.5 Å². The Hall–Kier alpha value is -7.08. The zero-order chi connectivity index (χ0) is 70.3. The molecule has 2 amide bonds. The fourth-order valence-electron chi connectivity index (χ4n) is 10.1. The minimum absolute atomic E-state index is 0.0233. The van der Waals surface area contributed by atoms with Gasteiger partial charge in [0.25, 0.3) is 32.1 Å². The molecule has 2 aliphatic rings. The summed E-state index contributed by atoms with van der Waals surface area (Å²) >= 11 is 25.0. The van der Waals surface area contributed by atoms with Gasteiger partial charge in [-0.25, -0.2) is 19.4 Å². The predicted molar refractivity (Wildman–Crippen MR) is 347 cm³/mol. The lowest BCUT2D eigenvalue weighted by atomic mass is 10.1. The monoisotopic (exact) mass is 1500 g/mol. The zero-order valence-corrected chi connectivity index (χ0v) is 56.6. The van der Waals surface area contributed by atoms with Crippen molar-refractivity contribution in [1.29, 1.82) is 0 Å². The second-order valence-electron chi connectivity index (χ2n) is 21.7. The summed E-state index contributed by atoms with van der Waals surface area (Å²) in [5.74, 6) is -3.50. The van der Waals surface area contributed by atoms with Crippen molar-refractivity contribution in [2.45, 2.75) is 87.4 Å². The molecule has 2 fully saturated rings. The number of alkyl halides is 6. The molecule has 0 bridgehead atoms. The van der Waals surface area contributed by atoms with E-state index in [4.69, 9.17) is 63.9 Å². The molecule has 0 spiro atoms. The van der Waals surface area contributed by atoms with Crippen LogP contribution in [-0.4, -0.2) is 134 Å². The second-order valence-corrected chi connectivity index (χ2v) is 29.5. The van der Waals surface area contributed by atoms with Crippen LogP contribution >= 0.6 is 46.4 Å². The number of carbonyl (C=O) groups is 2. The molecule has 96 heavy (non-hydrogen) atoms. The lowest BCUT2D eigenvalue weighted by Crippen LogP contribution is -2.45. The Balaban J connectivity index is 0.000000197. The lowest BCUT2D eigenvalue weighted by Gasteiger charge is -2.26. The molecule has 10 rings (SSSR count). The van der Waals surface area contributed by atoms with Crippen molar-refractivity contribution in [1.82, 2.24) is 40.4 Å². The number of nitrogens with zero attached hydrogens (tertiary/aromatic N) is 6. The number of hydrazine groups is 2. The highest BCUT2D eigenvalue weighted by atomic mass is 35.5. The molecule has 6 aromatic carbocycles. The normalized spacial score (nSPS) is 14.4. The number of benzene rings is 6. The van der Waals surface area contributed by atoms with E-state index < -0.39 is 98.8 Å². The number of hydrogen-bond donors (Lipinski definition) is 4. The van der Waals surface area contributed by atoms with Crippen molar-refractivity contribution in [3.63, 3.8) is 0 Å². The molecule has 2 aromatic heterocycles. The zero-order valence-electron chi connectivity index (χ0n) is 50.3. The third-order valence-electron chi connectivity index (χ3n) is 14.6. The molecule has 4 heterocycles. The van der Waals surface area contributed by atoms with Gasteiger partial charge >= 0.3 is 32.6 Å². The van der Waals surface area contributed by atoms with E-state index in [1.807, 2.05) is 10.0 Å². The smallest absolute Gasteiger partial charge is 0.382 e. The van der Waals surface area contributed by atoms with Gasteiger partial charge in [-0.15, -0.1) is 0 Å². The maximum atomic E-state index is 13.2. The summed E-state index contributed by atoms with van der Waals surface area (Å²) in [5.41, 5.74) is 10.1. The standard InChI is InChI=1S/2C25H25Cl2F3N4O4S.C10H8O6S2/c2*1-16-22(24(35)32-33-12-3-2-4-13-33)31-34(21-10-7-18(26)15-20(21)27)23(16)17-5-8-19(9-6-17)38-39(36,37)14-11-25(28,29)30;11-17(12,13)9-5-1-3-7-8(9)4-2-6-10(7)18(14,15)16/h2*5-10,15H,2-4,11-14H2,1H3,(H,32,35);1-6H,(H,11,12,13)(H,14,15,16). The Bertz CT molecular complexity index is 4360. The van der Waals surface area contributed by atoms with Gasteiger partial charge in [-0.05, 0) is 137 Å². The molecule has 0 saturated carbocycles. The molecular formula is C60H58Cl4F6N8O14S4. The second kappa shape index (κ2) is 30.8. The van der Waals surface area contributed by atoms with Gasteiger partial charge in [-0.2, -0.15) is 70.2 Å². The highest BCUT2D eigenvalue weighted by Gasteiger charge is 2.33. The molecular weight excluding hydrogens is 1440 g/mol. The van der Waals surface area contributed by atoms with Crippen molar-refractivity contribution in [3.8, 4) is 45.4 Å². The van der Waals surface area contributed by atoms with E-state index >= 15 is 0 Å². The van der Waals surface area contributed by atoms with Gasteiger partial charge in [-0.3, -0.25) is 29.5 Å². The molecule has 36 heteroatoms. The summed E-state index contributed by atoms with van der Waals surface area (Å²) in [6.07, 6.45) is -6.20. The van der Waals surface area contributed by atoms with Crippen LogP contribution in [-0.2, 0) is 40.5 Å². The number of piperidine rings is 2. The molecule has 4 N–H and O–H groups in total. The third kappa shape index (κ3) is 20.0. The maximum absolute atomic E-state index is 13.2. The summed E-state index contributed by atoms with van der Waals surface area (Å²) in [6, 6.07) is 28.5. The summed E-state index contributed by atoms with van der Waals surface area (Å²) in [7, 11) is -17.9. The van der Waals surface area contributed by atoms with Crippen LogP contribution in [0.5, 0.6) is 11.5 Å². The van der Waals surface area contributed by atoms with Crippen LogP contribution in [0.25, 0.3) is 44.7 Å². The third-order valence-corrected chi connectivity index (χ3v) is 19.8. The van der Waals surface area contributed by atoms with E-state index in [-0.39, 0.29) is 43.7 Å². The molecule has 8 aromatic rings. The van der Waals surface area contributed by atoms with Crippen LogP contribution in [0.15, 0.2) is 131 Å². The van der Waals surface area contributed by atoms with Gasteiger partial charge in [0.05, 0.1) is 57.2 Å².